The second-order valence-corrected chi connectivity index (χ2v) is 7.45. The third-order valence-electron chi connectivity index (χ3n) is 4.31. The van der Waals surface area contributed by atoms with Gasteiger partial charge in [-0.05, 0) is 65.2 Å². The quantitative estimate of drug-likeness (QED) is 0.504. The molecule has 0 fully saturated rings. The Morgan fingerprint density at radius 1 is 1.19 bits per heavy atom. The molecule has 1 aromatic heterocycles. The van der Waals surface area contributed by atoms with Gasteiger partial charge >= 0.3 is 10.7 Å². The summed E-state index contributed by atoms with van der Waals surface area (Å²) in [6.45, 7) is 5.95. The molecular formula is C20H22N3O3S+. The fraction of sp³-hybridized carbons (Fsp3) is 0.250. The molecule has 0 aliphatic carbocycles. The van der Waals surface area contributed by atoms with Gasteiger partial charge in [-0.1, -0.05) is 31.2 Å². The van der Waals surface area contributed by atoms with E-state index < -0.39 is 10.9 Å². The van der Waals surface area contributed by atoms with Crippen molar-refractivity contribution in [2.24, 2.45) is 0 Å². The highest BCUT2D eigenvalue weighted by Gasteiger charge is 2.30. The molecule has 7 heteroatoms. The van der Waals surface area contributed by atoms with Crippen LogP contribution in [0.5, 0.6) is 0 Å². The second-order valence-electron chi connectivity index (χ2n) is 6.26. The summed E-state index contributed by atoms with van der Waals surface area (Å²) in [4.78, 5) is 24.9. The van der Waals surface area contributed by atoms with Crippen LogP contribution in [-0.4, -0.2) is 16.4 Å². The number of carbonyl (C=O) groups excluding carboxylic acids is 1. The van der Waals surface area contributed by atoms with Crippen molar-refractivity contribution in [2.75, 3.05) is 5.32 Å². The van der Waals surface area contributed by atoms with Gasteiger partial charge in [0.05, 0.1) is 5.25 Å². The summed E-state index contributed by atoms with van der Waals surface area (Å²) >= 11 is 1.19. The first-order chi connectivity index (χ1) is 13.0. The number of hydrogen-bond acceptors (Lipinski definition) is 4. The van der Waals surface area contributed by atoms with E-state index in [1.807, 2.05) is 69.3 Å². The summed E-state index contributed by atoms with van der Waals surface area (Å²) in [6.07, 6.45) is 0.570. The van der Waals surface area contributed by atoms with Crippen LogP contribution in [0.2, 0.25) is 0 Å². The molecule has 1 unspecified atom stereocenters. The lowest BCUT2D eigenvalue weighted by Gasteiger charge is -2.13. The summed E-state index contributed by atoms with van der Waals surface area (Å²) in [5.41, 5.74) is 3.29. The van der Waals surface area contributed by atoms with E-state index in [-0.39, 0.29) is 5.91 Å². The summed E-state index contributed by atoms with van der Waals surface area (Å²) in [5, 5.41) is 5.45. The number of aromatic amines is 1. The summed E-state index contributed by atoms with van der Waals surface area (Å²) in [5.74, 6) is -0.147. The van der Waals surface area contributed by atoms with Gasteiger partial charge in [0.25, 0.3) is 0 Å². The normalized spacial score (nSPS) is 12.0. The Labute approximate surface area is 161 Å². The van der Waals surface area contributed by atoms with Crippen molar-refractivity contribution in [2.45, 2.75) is 37.5 Å². The van der Waals surface area contributed by atoms with E-state index in [1.165, 1.54) is 17.3 Å². The Bertz CT molecular complexity index is 995. The number of para-hydroxylation sites is 1. The minimum absolute atomic E-state index is 0.147. The fourth-order valence-corrected chi connectivity index (χ4v) is 3.60. The molecule has 1 amide bonds. The van der Waals surface area contributed by atoms with Crippen LogP contribution in [0.25, 0.3) is 5.69 Å². The molecule has 0 aliphatic heterocycles. The minimum Gasteiger partial charge on any atom is -0.325 e. The van der Waals surface area contributed by atoms with E-state index in [4.69, 9.17) is 4.52 Å². The Balaban J connectivity index is 1.81. The lowest BCUT2D eigenvalue weighted by atomic mass is 10.1. The smallest absolute Gasteiger partial charge is 0.325 e. The Morgan fingerprint density at radius 2 is 1.93 bits per heavy atom. The topological polar surface area (TPSA) is 79.0 Å². The van der Waals surface area contributed by atoms with Crippen molar-refractivity contribution in [3.63, 3.8) is 0 Å². The second kappa shape index (κ2) is 8.26. The third kappa shape index (κ3) is 4.31. The molecule has 0 saturated heterocycles. The van der Waals surface area contributed by atoms with Crippen molar-refractivity contribution in [3.05, 3.63) is 70.1 Å². The number of anilines is 1. The fourth-order valence-electron chi connectivity index (χ4n) is 2.61. The van der Waals surface area contributed by atoms with Gasteiger partial charge in [0.1, 0.15) is 0 Å². The average molecular weight is 384 g/mol. The zero-order valence-corrected chi connectivity index (χ0v) is 16.3. The predicted molar refractivity (Wildman–Crippen MR) is 105 cm³/mol. The largest absolute Gasteiger partial charge is 0.442 e. The maximum atomic E-state index is 12.7. The summed E-state index contributed by atoms with van der Waals surface area (Å²) in [6, 6.07) is 15.1. The highest BCUT2D eigenvalue weighted by molar-refractivity contribution is 8.00. The Kier molecular flexibility index (Phi) is 5.81. The van der Waals surface area contributed by atoms with Crippen LogP contribution in [-0.2, 0) is 4.79 Å². The lowest BCUT2D eigenvalue weighted by Crippen LogP contribution is -2.37. The molecule has 6 nitrogen and oxygen atoms in total. The summed E-state index contributed by atoms with van der Waals surface area (Å²) < 4.78 is 6.51. The van der Waals surface area contributed by atoms with E-state index in [1.54, 1.807) is 4.68 Å². The molecule has 3 rings (SSSR count). The van der Waals surface area contributed by atoms with Crippen molar-refractivity contribution >= 4 is 23.4 Å². The Hall–Kier alpha value is -2.80. The van der Waals surface area contributed by atoms with Gasteiger partial charge in [-0.15, -0.1) is 0 Å². The number of nitrogens with one attached hydrogen (secondary N) is 2. The number of nitrogens with zero attached hydrogens (tertiary/aromatic N) is 1. The van der Waals surface area contributed by atoms with Crippen molar-refractivity contribution < 1.29 is 14.0 Å². The van der Waals surface area contributed by atoms with Gasteiger partial charge in [-0.25, -0.2) is 4.79 Å². The van der Waals surface area contributed by atoms with Crippen LogP contribution < -0.4 is 15.6 Å². The standard InChI is InChI=1S/C20H21N3O3S/c1-4-17(18(24)21-15-11-10-13(2)14(3)12-15)27-19-20(25)26-22-23(19)16-8-6-5-7-9-16/h5-12,17H,4H2,1-3H3,(H-,21,22,24,25)/p+1. The third-order valence-corrected chi connectivity index (χ3v) is 5.72. The van der Waals surface area contributed by atoms with Crippen molar-refractivity contribution in [3.8, 4) is 5.69 Å². The highest BCUT2D eigenvalue weighted by Crippen LogP contribution is 2.23. The van der Waals surface area contributed by atoms with Gasteiger partial charge in [0, 0.05) is 17.8 Å². The monoisotopic (exact) mass is 384 g/mol. The zero-order chi connectivity index (χ0) is 19.4. The first-order valence-corrected chi connectivity index (χ1v) is 9.61. The molecule has 1 atom stereocenters. The first kappa shape index (κ1) is 19.0. The predicted octanol–water partition coefficient (Wildman–Crippen LogP) is 3.37. The number of H-pyrrole nitrogens is 1. The molecular weight excluding hydrogens is 362 g/mol. The van der Waals surface area contributed by atoms with E-state index in [0.29, 0.717) is 11.4 Å². The molecule has 0 spiro atoms. The number of amides is 1. The number of carbonyl (C=O) groups is 1. The molecule has 0 radical (unpaired) electrons. The maximum Gasteiger partial charge on any atom is 0.442 e. The van der Waals surface area contributed by atoms with Gasteiger partial charge in [-0.3, -0.25) is 9.32 Å². The number of benzene rings is 2. The zero-order valence-electron chi connectivity index (χ0n) is 15.5. The van der Waals surface area contributed by atoms with Crippen LogP contribution in [0, 0.1) is 13.8 Å². The SMILES string of the molecule is CCC(Sc1c(=O)o[nH][n+]1-c1ccccc1)C(=O)Nc1ccc(C)c(C)c1. The van der Waals surface area contributed by atoms with Crippen LogP contribution in [0.1, 0.15) is 24.5 Å². The van der Waals surface area contributed by atoms with Crippen molar-refractivity contribution in [1.82, 2.24) is 5.27 Å². The van der Waals surface area contributed by atoms with E-state index in [0.717, 1.165) is 16.9 Å². The minimum atomic E-state index is -0.499. The average Bonchev–Trinajstić information content (AvgIpc) is 3.03. The summed E-state index contributed by atoms with van der Waals surface area (Å²) in [7, 11) is 0. The van der Waals surface area contributed by atoms with Crippen molar-refractivity contribution in [1.29, 1.82) is 0 Å². The number of thioether (sulfide) groups is 1. The van der Waals surface area contributed by atoms with Gasteiger partial charge < -0.3 is 5.32 Å². The maximum absolute atomic E-state index is 12.7. The number of aromatic nitrogens is 2. The molecule has 3 aromatic rings. The number of aryl methyl sites for hydroxylation is 2. The number of hydrogen-bond donors (Lipinski definition) is 2. The molecule has 0 saturated carbocycles. The van der Waals surface area contributed by atoms with Crippen LogP contribution >= 0.6 is 11.8 Å². The molecule has 1 heterocycles. The molecule has 2 N–H and O–H groups in total. The van der Waals surface area contributed by atoms with E-state index in [9.17, 15) is 9.59 Å². The molecule has 0 aliphatic rings. The van der Waals surface area contributed by atoms with Crippen LogP contribution in [0.3, 0.4) is 0 Å². The van der Waals surface area contributed by atoms with E-state index in [2.05, 4.69) is 10.6 Å². The molecule has 27 heavy (non-hydrogen) atoms. The van der Waals surface area contributed by atoms with E-state index >= 15 is 0 Å². The molecule has 2 aromatic carbocycles. The van der Waals surface area contributed by atoms with Gasteiger partial charge in [0.2, 0.25) is 11.6 Å². The van der Waals surface area contributed by atoms with Crippen LogP contribution in [0.15, 0.2) is 62.9 Å². The first-order valence-electron chi connectivity index (χ1n) is 8.73. The van der Waals surface area contributed by atoms with Gasteiger partial charge in [-0.2, -0.15) is 0 Å². The Morgan fingerprint density at radius 3 is 2.59 bits per heavy atom. The number of rotatable bonds is 6. The molecule has 0 bridgehead atoms. The molecule has 140 valence electrons. The van der Waals surface area contributed by atoms with Crippen LogP contribution in [0.4, 0.5) is 5.69 Å². The lowest BCUT2D eigenvalue weighted by molar-refractivity contribution is -0.704. The van der Waals surface area contributed by atoms with Gasteiger partial charge in [0.15, 0.2) is 0 Å². The highest BCUT2D eigenvalue weighted by atomic mass is 32.2.